The lowest BCUT2D eigenvalue weighted by atomic mass is 9.79. The van der Waals surface area contributed by atoms with Crippen molar-refractivity contribution in [1.82, 2.24) is 14.3 Å². The summed E-state index contributed by atoms with van der Waals surface area (Å²) in [5, 5.41) is 9.00. The van der Waals surface area contributed by atoms with Gasteiger partial charge in [0.25, 0.3) is 5.91 Å². The van der Waals surface area contributed by atoms with Crippen molar-refractivity contribution in [2.24, 2.45) is 0 Å². The van der Waals surface area contributed by atoms with Crippen LogP contribution in [0.2, 0.25) is 0 Å². The van der Waals surface area contributed by atoms with E-state index in [1.54, 1.807) is 36.4 Å². The Morgan fingerprint density at radius 1 is 1.44 bits per heavy atom. The molecule has 146 valence electrons. The molecular formula is C19H24FN3O4. The smallest absolute Gasteiger partial charge is 0.277 e. The number of fused-ring (bicyclic) bond motifs is 2. The summed E-state index contributed by atoms with van der Waals surface area (Å²) in [5.74, 6) is -1.06. The van der Waals surface area contributed by atoms with Crippen LogP contribution in [0.1, 0.15) is 36.2 Å². The molecule has 4 rings (SSSR count). The number of hydrogen-bond donors (Lipinski definition) is 1. The summed E-state index contributed by atoms with van der Waals surface area (Å²) in [6.07, 6.45) is 4.40. The fraction of sp³-hybridized carbons (Fsp3) is 0.579. The normalized spacial score (nSPS) is 27.9. The number of methoxy groups -OCH3 is 1. The number of amides is 1. The maximum absolute atomic E-state index is 14.7. The van der Waals surface area contributed by atoms with Gasteiger partial charge in [0.05, 0.1) is 31.0 Å². The van der Waals surface area contributed by atoms with Gasteiger partial charge in [0.2, 0.25) is 5.95 Å². The standard InChI is InChI=1S/C19H24FN3O4/c1-26-19-6-5-13(27-11-10-24)12-14(19)22(9-7-19)18(25)16-17(20)23-8-3-2-4-15(23)21-16/h2-4,8,13-14,24H,5-7,9-12H2,1H3/t13?,14?,19-/m1/s1. The van der Waals surface area contributed by atoms with Crippen molar-refractivity contribution < 1.29 is 23.8 Å². The summed E-state index contributed by atoms with van der Waals surface area (Å²) < 4.78 is 27.6. The molecule has 0 spiro atoms. The number of carbonyl (C=O) groups is 1. The molecule has 1 aliphatic heterocycles. The molecule has 0 aromatic carbocycles. The molecule has 3 atom stereocenters. The molecule has 2 aromatic rings. The molecule has 8 heteroatoms. The van der Waals surface area contributed by atoms with Crippen LogP contribution in [0.5, 0.6) is 0 Å². The predicted octanol–water partition coefficient (Wildman–Crippen LogP) is 1.63. The molecule has 1 saturated carbocycles. The summed E-state index contributed by atoms with van der Waals surface area (Å²) in [7, 11) is 1.67. The van der Waals surface area contributed by atoms with Gasteiger partial charge in [0.1, 0.15) is 5.65 Å². The molecule has 2 unspecified atom stereocenters. The van der Waals surface area contributed by atoms with Crippen LogP contribution in [0.15, 0.2) is 24.4 Å². The number of imidazole rings is 1. The highest BCUT2D eigenvalue weighted by Gasteiger charge is 2.53. The number of halogens is 1. The largest absolute Gasteiger partial charge is 0.394 e. The zero-order valence-electron chi connectivity index (χ0n) is 15.3. The molecular weight excluding hydrogens is 353 g/mol. The van der Waals surface area contributed by atoms with Crippen LogP contribution in [-0.4, -0.2) is 69.9 Å². The van der Waals surface area contributed by atoms with E-state index in [9.17, 15) is 9.18 Å². The number of hydrogen-bond acceptors (Lipinski definition) is 5. The Morgan fingerprint density at radius 2 is 2.30 bits per heavy atom. The third kappa shape index (κ3) is 3.01. The third-order valence-corrected chi connectivity index (χ3v) is 5.92. The van der Waals surface area contributed by atoms with Gasteiger partial charge >= 0.3 is 0 Å². The highest BCUT2D eigenvalue weighted by atomic mass is 19.1. The summed E-state index contributed by atoms with van der Waals surface area (Å²) in [6, 6.07) is 4.92. The predicted molar refractivity (Wildman–Crippen MR) is 95.0 cm³/mol. The van der Waals surface area contributed by atoms with Gasteiger partial charge in [-0.3, -0.25) is 9.20 Å². The number of aliphatic hydroxyl groups excluding tert-OH is 1. The lowest BCUT2D eigenvalue weighted by molar-refractivity contribution is -0.0992. The van der Waals surface area contributed by atoms with Crippen molar-refractivity contribution in [2.45, 2.75) is 43.4 Å². The molecule has 7 nitrogen and oxygen atoms in total. The lowest BCUT2D eigenvalue weighted by Gasteiger charge is -2.43. The average molecular weight is 377 g/mol. The highest BCUT2D eigenvalue weighted by molar-refractivity contribution is 5.93. The first-order valence-electron chi connectivity index (χ1n) is 9.31. The molecule has 1 N–H and O–H groups in total. The minimum Gasteiger partial charge on any atom is -0.394 e. The van der Waals surface area contributed by atoms with E-state index in [0.717, 1.165) is 12.8 Å². The Kier molecular flexibility index (Phi) is 4.88. The summed E-state index contributed by atoms with van der Waals surface area (Å²) in [6.45, 7) is 0.732. The molecule has 1 amide bonds. The molecule has 2 aromatic heterocycles. The fourth-order valence-corrected chi connectivity index (χ4v) is 4.51. The summed E-state index contributed by atoms with van der Waals surface area (Å²) in [4.78, 5) is 19.0. The number of carbonyl (C=O) groups excluding carboxylic acids is 1. The topological polar surface area (TPSA) is 76.3 Å². The highest BCUT2D eigenvalue weighted by Crippen LogP contribution is 2.43. The van der Waals surface area contributed by atoms with Gasteiger partial charge in [-0.15, -0.1) is 0 Å². The maximum atomic E-state index is 14.7. The minimum atomic E-state index is -0.644. The average Bonchev–Trinajstić information content (AvgIpc) is 3.24. The van der Waals surface area contributed by atoms with Crippen molar-refractivity contribution in [2.75, 3.05) is 26.9 Å². The SMILES string of the molecule is CO[C@@]12CCC(OCCO)CC1N(C(=O)c1nc3ccccn3c1F)CC2. The number of ether oxygens (including phenoxy) is 2. The molecule has 3 heterocycles. The molecule has 2 fully saturated rings. The fourth-order valence-electron chi connectivity index (χ4n) is 4.51. The van der Waals surface area contributed by atoms with Crippen LogP contribution in [-0.2, 0) is 9.47 Å². The number of aliphatic hydroxyl groups is 1. The van der Waals surface area contributed by atoms with E-state index in [4.69, 9.17) is 14.6 Å². The second-order valence-corrected chi connectivity index (χ2v) is 7.20. The number of aromatic nitrogens is 2. The second-order valence-electron chi connectivity index (χ2n) is 7.20. The van der Waals surface area contributed by atoms with Crippen LogP contribution in [0, 0.1) is 5.95 Å². The zero-order chi connectivity index (χ0) is 19.0. The van der Waals surface area contributed by atoms with E-state index in [2.05, 4.69) is 4.98 Å². The monoisotopic (exact) mass is 377 g/mol. The molecule has 1 saturated heterocycles. The van der Waals surface area contributed by atoms with Gasteiger partial charge in [-0.25, -0.2) is 4.98 Å². The molecule has 27 heavy (non-hydrogen) atoms. The van der Waals surface area contributed by atoms with Gasteiger partial charge in [0.15, 0.2) is 5.69 Å². The Labute approximate surface area is 156 Å². The molecule has 0 bridgehead atoms. The van der Waals surface area contributed by atoms with Gasteiger partial charge in [-0.05, 0) is 37.8 Å². The Hall–Kier alpha value is -2.03. The van der Waals surface area contributed by atoms with Crippen molar-refractivity contribution in [3.8, 4) is 0 Å². The van der Waals surface area contributed by atoms with Crippen LogP contribution >= 0.6 is 0 Å². The number of nitrogens with zero attached hydrogens (tertiary/aromatic N) is 3. The summed E-state index contributed by atoms with van der Waals surface area (Å²) in [5.41, 5.74) is -0.181. The number of rotatable bonds is 5. The van der Waals surface area contributed by atoms with Crippen molar-refractivity contribution >= 4 is 11.6 Å². The van der Waals surface area contributed by atoms with Crippen molar-refractivity contribution in [3.63, 3.8) is 0 Å². The van der Waals surface area contributed by atoms with E-state index in [-0.39, 0.29) is 31.1 Å². The maximum Gasteiger partial charge on any atom is 0.277 e. The van der Waals surface area contributed by atoms with Gasteiger partial charge < -0.3 is 19.5 Å². The van der Waals surface area contributed by atoms with Gasteiger partial charge in [-0.1, -0.05) is 6.07 Å². The number of likely N-dealkylation sites (tertiary alicyclic amines) is 1. The van der Waals surface area contributed by atoms with E-state index in [0.29, 0.717) is 25.0 Å². The van der Waals surface area contributed by atoms with Crippen molar-refractivity contribution in [3.05, 3.63) is 36.0 Å². The molecule has 2 aliphatic rings. The van der Waals surface area contributed by atoms with E-state index < -0.39 is 17.5 Å². The van der Waals surface area contributed by atoms with Crippen LogP contribution in [0.4, 0.5) is 4.39 Å². The first-order valence-corrected chi connectivity index (χ1v) is 9.31. The first kappa shape index (κ1) is 18.3. The van der Waals surface area contributed by atoms with Crippen LogP contribution < -0.4 is 0 Å². The van der Waals surface area contributed by atoms with Gasteiger partial charge in [-0.2, -0.15) is 4.39 Å². The van der Waals surface area contributed by atoms with Crippen LogP contribution in [0.3, 0.4) is 0 Å². The molecule has 1 aliphatic carbocycles. The quantitative estimate of drug-likeness (QED) is 0.857. The lowest BCUT2D eigenvalue weighted by Crippen LogP contribution is -2.53. The zero-order valence-corrected chi connectivity index (χ0v) is 15.3. The Bertz CT molecular complexity index is 841. The minimum absolute atomic E-state index is 0.0360. The van der Waals surface area contributed by atoms with Crippen LogP contribution in [0.25, 0.3) is 5.65 Å². The van der Waals surface area contributed by atoms with Gasteiger partial charge in [0, 0.05) is 19.9 Å². The summed E-state index contributed by atoms with van der Waals surface area (Å²) >= 11 is 0. The Morgan fingerprint density at radius 3 is 3.04 bits per heavy atom. The molecule has 0 radical (unpaired) electrons. The van der Waals surface area contributed by atoms with E-state index in [1.165, 1.54) is 4.40 Å². The first-order chi connectivity index (χ1) is 13.1. The number of pyridine rings is 1. The van der Waals surface area contributed by atoms with E-state index in [1.807, 2.05) is 0 Å². The third-order valence-electron chi connectivity index (χ3n) is 5.92. The van der Waals surface area contributed by atoms with E-state index >= 15 is 0 Å². The second kappa shape index (κ2) is 7.18. The Balaban J connectivity index is 1.62. The van der Waals surface area contributed by atoms with Crippen molar-refractivity contribution in [1.29, 1.82) is 0 Å².